The number of nitrogens with one attached hydrogen (secondary N) is 3. The summed E-state index contributed by atoms with van der Waals surface area (Å²) in [6, 6.07) is 7.99. The second-order valence-corrected chi connectivity index (χ2v) is 9.27. The first-order valence-corrected chi connectivity index (χ1v) is 11.8. The number of benzene rings is 1. The van der Waals surface area contributed by atoms with Crippen molar-refractivity contribution in [2.75, 3.05) is 43.2 Å². The molecule has 5 aliphatic rings. The second kappa shape index (κ2) is 8.42. The van der Waals surface area contributed by atoms with Gasteiger partial charge < -0.3 is 25.7 Å². The lowest BCUT2D eigenvalue weighted by molar-refractivity contribution is -0.114. The Kier molecular flexibility index (Phi) is 5.26. The van der Waals surface area contributed by atoms with E-state index in [1.807, 2.05) is 35.5 Å². The third-order valence-corrected chi connectivity index (χ3v) is 6.80. The predicted octanol–water partition coefficient (Wildman–Crippen LogP) is 2.30. The van der Waals surface area contributed by atoms with Crippen molar-refractivity contribution in [2.45, 2.75) is 43.9 Å². The summed E-state index contributed by atoms with van der Waals surface area (Å²) in [5.41, 5.74) is 6.97. The van der Waals surface area contributed by atoms with Gasteiger partial charge in [-0.1, -0.05) is 0 Å². The molecule has 0 radical (unpaired) electrons. The standard InChI is InChI=1S/C23H30FN7O2/c24-9-10-30-22-14-28(18-5-3-17(4-6-18)27-23(32)26-16-1-2-16)15-31(21(22)11-25-30)29-12-19-7-8-20(13-29)33-19/h3-6,11,14,16,19-20,25H,1-2,7-10,12-13,15H2,(H2,26,27,32). The van der Waals surface area contributed by atoms with Gasteiger partial charge in [-0.2, -0.15) is 0 Å². The minimum atomic E-state index is -0.434. The first-order valence-electron chi connectivity index (χ1n) is 11.8. The van der Waals surface area contributed by atoms with Gasteiger partial charge in [-0.15, -0.1) is 0 Å². The Bertz CT molecular complexity index is 952. The van der Waals surface area contributed by atoms with E-state index in [-0.39, 0.29) is 24.8 Å². The minimum absolute atomic E-state index is 0.160. The maximum absolute atomic E-state index is 13.2. The van der Waals surface area contributed by atoms with Crippen LogP contribution in [0.15, 0.2) is 48.1 Å². The Hall–Kier alpha value is -2.98. The maximum Gasteiger partial charge on any atom is 0.319 e. The molecule has 3 N–H and O–H groups in total. The van der Waals surface area contributed by atoms with Gasteiger partial charge in [-0.25, -0.2) is 14.2 Å². The molecule has 6 rings (SSSR count). The molecule has 1 aromatic rings. The fraction of sp³-hybridized carbons (Fsp3) is 0.522. The average molecular weight is 456 g/mol. The van der Waals surface area contributed by atoms with E-state index in [9.17, 15) is 9.18 Å². The van der Waals surface area contributed by atoms with E-state index in [0.717, 1.165) is 61.5 Å². The van der Waals surface area contributed by atoms with Gasteiger partial charge in [-0.05, 0) is 49.9 Å². The van der Waals surface area contributed by atoms with Crippen molar-refractivity contribution in [1.29, 1.82) is 0 Å². The number of anilines is 2. The molecular formula is C23H30FN7O2. The Morgan fingerprint density at radius 3 is 2.55 bits per heavy atom. The van der Waals surface area contributed by atoms with Crippen LogP contribution in [0.2, 0.25) is 0 Å². The number of nitrogens with zero attached hydrogens (tertiary/aromatic N) is 4. The summed E-state index contributed by atoms with van der Waals surface area (Å²) in [6.45, 7) is 2.21. The number of morpholine rings is 1. The van der Waals surface area contributed by atoms with Crippen LogP contribution in [0.5, 0.6) is 0 Å². The monoisotopic (exact) mass is 455 g/mol. The molecule has 2 unspecified atom stereocenters. The van der Waals surface area contributed by atoms with Crippen LogP contribution in [0.1, 0.15) is 25.7 Å². The number of fused-ring (bicyclic) bond motifs is 3. The van der Waals surface area contributed by atoms with Crippen LogP contribution in [0.25, 0.3) is 0 Å². The Labute approximate surface area is 192 Å². The lowest BCUT2D eigenvalue weighted by Crippen LogP contribution is -2.56. The SMILES string of the molecule is O=C(Nc1ccc(N2C=C3C(=CNN3CCF)N(N3CC4CCC(C3)O4)C2)cc1)NC1CC1. The van der Waals surface area contributed by atoms with Crippen molar-refractivity contribution >= 4 is 17.4 Å². The molecule has 1 saturated carbocycles. The van der Waals surface area contributed by atoms with Gasteiger partial charge in [0.15, 0.2) is 0 Å². The number of halogens is 1. The summed E-state index contributed by atoms with van der Waals surface area (Å²) in [6.07, 6.45) is 8.90. The highest BCUT2D eigenvalue weighted by atomic mass is 19.1. The number of hydrazine groups is 2. The molecule has 0 spiro atoms. The van der Waals surface area contributed by atoms with Crippen LogP contribution < -0.4 is 21.0 Å². The zero-order chi connectivity index (χ0) is 22.4. The number of alkyl halides is 1. The average Bonchev–Trinajstić information content (AvgIpc) is 3.45. The molecule has 9 nitrogen and oxygen atoms in total. The molecule has 2 atom stereocenters. The van der Waals surface area contributed by atoms with E-state index < -0.39 is 6.67 Å². The largest absolute Gasteiger partial charge is 0.372 e. The predicted molar refractivity (Wildman–Crippen MR) is 122 cm³/mol. The van der Waals surface area contributed by atoms with Crippen molar-refractivity contribution in [3.8, 4) is 0 Å². The zero-order valence-corrected chi connectivity index (χ0v) is 18.5. The van der Waals surface area contributed by atoms with Gasteiger partial charge in [-0.3, -0.25) is 10.0 Å². The number of hydrogen-bond donors (Lipinski definition) is 3. The van der Waals surface area contributed by atoms with E-state index >= 15 is 0 Å². The molecule has 1 aliphatic carbocycles. The van der Waals surface area contributed by atoms with Crippen molar-refractivity contribution in [2.24, 2.45) is 0 Å². The van der Waals surface area contributed by atoms with Gasteiger partial charge in [0, 0.05) is 42.9 Å². The fourth-order valence-corrected chi connectivity index (χ4v) is 4.95. The molecule has 3 fully saturated rings. The molecule has 0 aromatic heterocycles. The molecule has 33 heavy (non-hydrogen) atoms. The van der Waals surface area contributed by atoms with Crippen molar-refractivity contribution in [3.05, 3.63) is 48.1 Å². The molecule has 4 aliphatic heterocycles. The molecule has 1 aromatic carbocycles. The topological polar surface area (TPSA) is 75.4 Å². The van der Waals surface area contributed by atoms with Crippen molar-refractivity contribution in [3.63, 3.8) is 0 Å². The number of rotatable bonds is 6. The van der Waals surface area contributed by atoms with Crippen LogP contribution in [0.3, 0.4) is 0 Å². The first-order chi connectivity index (χ1) is 16.2. The molecule has 2 bridgehead atoms. The lowest BCUT2D eigenvalue weighted by atomic mass is 10.2. The highest BCUT2D eigenvalue weighted by Crippen LogP contribution is 2.35. The summed E-state index contributed by atoms with van der Waals surface area (Å²) >= 11 is 0. The molecule has 176 valence electrons. The van der Waals surface area contributed by atoms with Crippen LogP contribution in [0, 0.1) is 0 Å². The molecule has 2 amide bonds. The summed E-state index contributed by atoms with van der Waals surface area (Å²) in [4.78, 5) is 14.2. The van der Waals surface area contributed by atoms with Gasteiger partial charge in [0.05, 0.1) is 30.1 Å². The molecule has 10 heteroatoms. The van der Waals surface area contributed by atoms with Crippen molar-refractivity contribution in [1.82, 2.24) is 25.8 Å². The van der Waals surface area contributed by atoms with E-state index in [1.54, 1.807) is 0 Å². The highest BCUT2D eigenvalue weighted by Gasteiger charge is 2.40. The van der Waals surface area contributed by atoms with E-state index in [2.05, 4.69) is 37.2 Å². The maximum atomic E-state index is 13.2. The van der Waals surface area contributed by atoms with Crippen LogP contribution in [-0.4, -0.2) is 72.3 Å². The first kappa shape index (κ1) is 20.6. The number of amides is 2. The number of ether oxygens (including phenoxy) is 1. The van der Waals surface area contributed by atoms with Gasteiger partial charge in [0.25, 0.3) is 0 Å². The number of hydrogen-bond acceptors (Lipinski definition) is 7. The highest BCUT2D eigenvalue weighted by molar-refractivity contribution is 5.89. The van der Waals surface area contributed by atoms with Gasteiger partial charge in [0.1, 0.15) is 13.3 Å². The summed E-state index contributed by atoms with van der Waals surface area (Å²) in [5.74, 6) is 0. The Balaban J connectivity index is 1.22. The molecule has 4 heterocycles. The Morgan fingerprint density at radius 1 is 1.09 bits per heavy atom. The Morgan fingerprint density at radius 2 is 1.85 bits per heavy atom. The quantitative estimate of drug-likeness (QED) is 0.608. The van der Waals surface area contributed by atoms with E-state index in [0.29, 0.717) is 12.7 Å². The summed E-state index contributed by atoms with van der Waals surface area (Å²) in [7, 11) is 0. The number of carbonyl (C=O) groups excluding carboxylic acids is 1. The number of carbonyl (C=O) groups is 1. The second-order valence-electron chi connectivity index (χ2n) is 9.27. The van der Waals surface area contributed by atoms with Crippen LogP contribution in [-0.2, 0) is 4.74 Å². The smallest absolute Gasteiger partial charge is 0.319 e. The van der Waals surface area contributed by atoms with Crippen molar-refractivity contribution < 1.29 is 13.9 Å². The normalized spacial score (nSPS) is 26.5. The fourth-order valence-electron chi connectivity index (χ4n) is 4.95. The van der Waals surface area contributed by atoms with Crippen LogP contribution >= 0.6 is 0 Å². The minimum Gasteiger partial charge on any atom is -0.372 e. The summed E-state index contributed by atoms with van der Waals surface area (Å²) < 4.78 is 19.2. The van der Waals surface area contributed by atoms with Gasteiger partial charge >= 0.3 is 6.03 Å². The van der Waals surface area contributed by atoms with Gasteiger partial charge in [0.2, 0.25) is 0 Å². The lowest BCUT2D eigenvalue weighted by Gasteiger charge is -2.46. The van der Waals surface area contributed by atoms with Crippen LogP contribution in [0.4, 0.5) is 20.6 Å². The summed E-state index contributed by atoms with van der Waals surface area (Å²) in [5, 5.41) is 12.3. The van der Waals surface area contributed by atoms with E-state index in [1.165, 1.54) is 0 Å². The molecule has 2 saturated heterocycles. The third-order valence-electron chi connectivity index (χ3n) is 6.80. The van der Waals surface area contributed by atoms with E-state index in [4.69, 9.17) is 4.74 Å². The number of urea groups is 1. The third kappa shape index (κ3) is 4.20. The molecular weight excluding hydrogens is 425 g/mol. The zero-order valence-electron chi connectivity index (χ0n) is 18.5.